The van der Waals surface area contributed by atoms with Crippen LogP contribution in [0.3, 0.4) is 0 Å². The molecule has 0 aliphatic carbocycles. The third-order valence-electron chi connectivity index (χ3n) is 3.88. The Bertz CT molecular complexity index is 803. The first-order valence-corrected chi connectivity index (χ1v) is 8.94. The highest BCUT2D eigenvalue weighted by molar-refractivity contribution is 7.90. The summed E-state index contributed by atoms with van der Waals surface area (Å²) in [5.41, 5.74) is 2.42. The van der Waals surface area contributed by atoms with Crippen LogP contribution in [-0.4, -0.2) is 33.3 Å². The van der Waals surface area contributed by atoms with Crippen LogP contribution in [0.1, 0.15) is 11.1 Å². The molecule has 5 nitrogen and oxygen atoms in total. The van der Waals surface area contributed by atoms with Crippen LogP contribution in [0.25, 0.3) is 0 Å². The number of anilines is 1. The Labute approximate surface area is 130 Å². The Morgan fingerprint density at radius 2 is 2.05 bits per heavy atom. The van der Waals surface area contributed by atoms with Gasteiger partial charge in [-0.25, -0.2) is 13.4 Å². The second-order valence-electron chi connectivity index (χ2n) is 5.40. The summed E-state index contributed by atoms with van der Waals surface area (Å²) in [5, 5.41) is 0. The number of methoxy groups -OCH3 is 1. The Morgan fingerprint density at radius 1 is 1.23 bits per heavy atom. The number of sulfone groups is 1. The molecule has 1 aromatic carbocycles. The number of ether oxygens (including phenoxy) is 1. The van der Waals surface area contributed by atoms with E-state index in [0.29, 0.717) is 12.4 Å². The molecule has 0 saturated heterocycles. The lowest BCUT2D eigenvalue weighted by atomic mass is 9.99. The van der Waals surface area contributed by atoms with Crippen LogP contribution >= 0.6 is 0 Å². The fourth-order valence-corrected chi connectivity index (χ4v) is 3.59. The zero-order chi connectivity index (χ0) is 15.7. The lowest BCUT2D eigenvalue weighted by Gasteiger charge is -2.31. The van der Waals surface area contributed by atoms with Gasteiger partial charge in [0.1, 0.15) is 16.5 Å². The molecule has 0 unspecified atom stereocenters. The summed E-state index contributed by atoms with van der Waals surface area (Å²) in [4.78, 5) is 6.59. The van der Waals surface area contributed by atoms with Crippen LogP contribution in [0.2, 0.25) is 0 Å². The summed E-state index contributed by atoms with van der Waals surface area (Å²) in [5.74, 6) is 1.34. The lowest BCUT2D eigenvalue weighted by Crippen LogP contribution is -2.32. The molecule has 1 aliphatic heterocycles. The average Bonchev–Trinajstić information content (AvgIpc) is 2.53. The third-order valence-corrected chi connectivity index (χ3v) is 4.99. The summed E-state index contributed by atoms with van der Waals surface area (Å²) in [6.07, 6.45) is 3.71. The number of benzene rings is 1. The predicted molar refractivity (Wildman–Crippen MR) is 85.1 cm³/mol. The van der Waals surface area contributed by atoms with Gasteiger partial charge in [0.25, 0.3) is 0 Å². The molecule has 0 spiro atoms. The number of nitrogens with zero attached hydrogens (tertiary/aromatic N) is 2. The van der Waals surface area contributed by atoms with Gasteiger partial charge in [-0.1, -0.05) is 6.07 Å². The summed E-state index contributed by atoms with van der Waals surface area (Å²) in [6, 6.07) is 9.29. The van der Waals surface area contributed by atoms with Crippen molar-refractivity contribution >= 4 is 15.7 Å². The highest BCUT2D eigenvalue weighted by Crippen LogP contribution is 2.29. The van der Waals surface area contributed by atoms with E-state index in [-0.39, 0.29) is 4.90 Å². The highest BCUT2D eigenvalue weighted by atomic mass is 32.2. The van der Waals surface area contributed by atoms with Crippen molar-refractivity contribution in [3.8, 4) is 5.75 Å². The topological polar surface area (TPSA) is 59.5 Å². The molecule has 0 bridgehead atoms. The van der Waals surface area contributed by atoms with Crippen LogP contribution in [-0.2, 0) is 22.8 Å². The van der Waals surface area contributed by atoms with Crippen molar-refractivity contribution in [3.63, 3.8) is 0 Å². The fraction of sp³-hybridized carbons (Fsp3) is 0.312. The SMILES string of the molecule is COc1ccc2c(c1)CN(c1ncccc1S(C)(=O)=O)CC2. The predicted octanol–water partition coefficient (Wildman–Crippen LogP) is 2.06. The van der Waals surface area contributed by atoms with Gasteiger partial charge in [0.15, 0.2) is 9.84 Å². The van der Waals surface area contributed by atoms with Crippen molar-refractivity contribution in [3.05, 3.63) is 47.7 Å². The van der Waals surface area contributed by atoms with Gasteiger partial charge in [-0.05, 0) is 41.8 Å². The van der Waals surface area contributed by atoms with Gasteiger partial charge in [0.2, 0.25) is 0 Å². The molecule has 22 heavy (non-hydrogen) atoms. The van der Waals surface area contributed by atoms with Crippen LogP contribution < -0.4 is 9.64 Å². The molecule has 0 amide bonds. The van der Waals surface area contributed by atoms with E-state index in [1.807, 2.05) is 17.0 Å². The summed E-state index contributed by atoms with van der Waals surface area (Å²) in [7, 11) is -1.66. The Hall–Kier alpha value is -2.08. The number of rotatable bonds is 3. The molecular formula is C16H18N2O3S. The summed E-state index contributed by atoms with van der Waals surface area (Å²) in [6.45, 7) is 1.38. The number of pyridine rings is 1. The van der Waals surface area contributed by atoms with Gasteiger partial charge < -0.3 is 9.64 Å². The van der Waals surface area contributed by atoms with Crippen molar-refractivity contribution in [2.75, 3.05) is 24.8 Å². The minimum absolute atomic E-state index is 0.279. The largest absolute Gasteiger partial charge is 0.497 e. The third kappa shape index (κ3) is 2.78. The molecule has 3 rings (SSSR count). The van der Waals surface area contributed by atoms with Crippen molar-refractivity contribution in [1.29, 1.82) is 0 Å². The normalized spacial score (nSPS) is 14.5. The van der Waals surface area contributed by atoms with E-state index in [1.54, 1.807) is 25.4 Å². The maximum Gasteiger partial charge on any atom is 0.179 e. The van der Waals surface area contributed by atoms with Crippen LogP contribution in [0, 0.1) is 0 Å². The fourth-order valence-electron chi connectivity index (χ4n) is 2.75. The van der Waals surface area contributed by atoms with Crippen LogP contribution in [0.15, 0.2) is 41.4 Å². The highest BCUT2D eigenvalue weighted by Gasteiger charge is 2.23. The second kappa shape index (κ2) is 5.61. The average molecular weight is 318 g/mol. The summed E-state index contributed by atoms with van der Waals surface area (Å²) < 4.78 is 29.2. The molecule has 1 aliphatic rings. The molecule has 0 radical (unpaired) electrons. The van der Waals surface area contributed by atoms with E-state index in [1.165, 1.54) is 11.8 Å². The van der Waals surface area contributed by atoms with Crippen molar-refractivity contribution < 1.29 is 13.2 Å². The molecule has 0 fully saturated rings. The maximum atomic E-state index is 12.0. The van der Waals surface area contributed by atoms with E-state index in [0.717, 1.165) is 24.3 Å². The first kappa shape index (κ1) is 14.8. The second-order valence-corrected chi connectivity index (χ2v) is 7.39. The van der Waals surface area contributed by atoms with Gasteiger partial charge in [0, 0.05) is 25.5 Å². The van der Waals surface area contributed by atoms with Crippen LogP contribution in [0.5, 0.6) is 5.75 Å². The van der Waals surface area contributed by atoms with Crippen LogP contribution in [0.4, 0.5) is 5.82 Å². The minimum Gasteiger partial charge on any atom is -0.497 e. The zero-order valence-electron chi connectivity index (χ0n) is 12.6. The van der Waals surface area contributed by atoms with Crippen molar-refractivity contribution in [2.45, 2.75) is 17.9 Å². The smallest absolute Gasteiger partial charge is 0.179 e. The van der Waals surface area contributed by atoms with E-state index < -0.39 is 9.84 Å². The van der Waals surface area contributed by atoms with Crippen molar-refractivity contribution in [2.24, 2.45) is 0 Å². The Balaban J connectivity index is 1.99. The van der Waals surface area contributed by atoms with E-state index >= 15 is 0 Å². The van der Waals surface area contributed by atoms with E-state index in [4.69, 9.17) is 4.74 Å². The number of fused-ring (bicyclic) bond motifs is 1. The number of hydrogen-bond acceptors (Lipinski definition) is 5. The minimum atomic E-state index is -3.30. The molecule has 0 N–H and O–H groups in total. The Kier molecular flexibility index (Phi) is 3.78. The molecular weight excluding hydrogens is 300 g/mol. The van der Waals surface area contributed by atoms with Crippen molar-refractivity contribution in [1.82, 2.24) is 4.98 Å². The molecule has 0 saturated carbocycles. The first-order valence-electron chi connectivity index (χ1n) is 7.05. The molecule has 0 atom stereocenters. The van der Waals surface area contributed by atoms with Gasteiger partial charge in [-0.2, -0.15) is 0 Å². The zero-order valence-corrected chi connectivity index (χ0v) is 13.4. The Morgan fingerprint density at radius 3 is 2.77 bits per heavy atom. The quantitative estimate of drug-likeness (QED) is 0.867. The monoisotopic (exact) mass is 318 g/mol. The molecule has 2 aromatic rings. The van der Waals surface area contributed by atoms with Gasteiger partial charge in [-0.3, -0.25) is 0 Å². The molecule has 1 aromatic heterocycles. The van der Waals surface area contributed by atoms with E-state index in [9.17, 15) is 8.42 Å². The summed E-state index contributed by atoms with van der Waals surface area (Å²) >= 11 is 0. The molecule has 6 heteroatoms. The molecule has 2 heterocycles. The number of aromatic nitrogens is 1. The van der Waals surface area contributed by atoms with Gasteiger partial charge in [0.05, 0.1) is 7.11 Å². The number of hydrogen-bond donors (Lipinski definition) is 0. The lowest BCUT2D eigenvalue weighted by molar-refractivity contribution is 0.413. The van der Waals surface area contributed by atoms with Gasteiger partial charge in [-0.15, -0.1) is 0 Å². The van der Waals surface area contributed by atoms with Gasteiger partial charge >= 0.3 is 0 Å². The standard InChI is InChI=1S/C16H18N2O3S/c1-21-14-6-5-12-7-9-18(11-13(12)10-14)16-15(22(2,19)20)4-3-8-17-16/h3-6,8,10H,7,9,11H2,1-2H3. The first-order chi connectivity index (χ1) is 10.5. The molecule has 116 valence electrons. The maximum absolute atomic E-state index is 12.0. The van der Waals surface area contributed by atoms with E-state index in [2.05, 4.69) is 11.1 Å².